The van der Waals surface area contributed by atoms with Crippen molar-refractivity contribution in [2.24, 2.45) is 5.41 Å². The zero-order valence-corrected chi connectivity index (χ0v) is 12.2. The van der Waals surface area contributed by atoms with Crippen LogP contribution in [0.5, 0.6) is 0 Å². The quantitative estimate of drug-likeness (QED) is 0.856. The number of hydrogen-bond acceptors (Lipinski definition) is 2. The van der Waals surface area contributed by atoms with Gasteiger partial charge in [-0.25, -0.2) is 4.98 Å². The molecule has 0 atom stereocenters. The Hall–Kier alpha value is -0.830. The van der Waals surface area contributed by atoms with Crippen molar-refractivity contribution in [3.05, 3.63) is 17.7 Å². The Morgan fingerprint density at radius 1 is 1.39 bits per heavy atom. The van der Waals surface area contributed by atoms with Crippen molar-refractivity contribution in [2.45, 2.75) is 71.9 Å². The van der Waals surface area contributed by atoms with Gasteiger partial charge in [0.25, 0.3) is 0 Å². The van der Waals surface area contributed by atoms with Gasteiger partial charge in [0.2, 0.25) is 0 Å². The van der Waals surface area contributed by atoms with Gasteiger partial charge in [0, 0.05) is 30.4 Å². The van der Waals surface area contributed by atoms with Gasteiger partial charge in [-0.3, -0.25) is 0 Å². The summed E-state index contributed by atoms with van der Waals surface area (Å²) in [6.07, 6.45) is 7.18. The predicted octanol–water partition coefficient (Wildman–Crippen LogP) is 3.59. The molecule has 1 saturated carbocycles. The van der Waals surface area contributed by atoms with Gasteiger partial charge in [-0.2, -0.15) is 0 Å². The number of hydrogen-bond donors (Lipinski definition) is 2. The van der Waals surface area contributed by atoms with E-state index >= 15 is 0 Å². The highest BCUT2D eigenvalue weighted by atomic mass is 15.0. The van der Waals surface area contributed by atoms with Crippen LogP contribution in [0.3, 0.4) is 0 Å². The van der Waals surface area contributed by atoms with Crippen LogP contribution in [0.15, 0.2) is 6.20 Å². The van der Waals surface area contributed by atoms with E-state index in [2.05, 4.69) is 43.0 Å². The Morgan fingerprint density at radius 2 is 2.06 bits per heavy atom. The summed E-state index contributed by atoms with van der Waals surface area (Å²) in [5.41, 5.74) is 1.74. The van der Waals surface area contributed by atoms with Gasteiger partial charge >= 0.3 is 0 Å². The first-order valence-corrected chi connectivity index (χ1v) is 7.23. The molecule has 0 bridgehead atoms. The number of aromatic nitrogens is 2. The zero-order valence-electron chi connectivity index (χ0n) is 12.2. The molecule has 1 aliphatic carbocycles. The topological polar surface area (TPSA) is 40.7 Å². The highest BCUT2D eigenvalue weighted by Gasteiger charge is 2.28. The van der Waals surface area contributed by atoms with Gasteiger partial charge in [0.15, 0.2) is 0 Å². The van der Waals surface area contributed by atoms with Crippen LogP contribution in [0.2, 0.25) is 0 Å². The maximum Gasteiger partial charge on any atom is 0.109 e. The molecule has 1 aliphatic rings. The summed E-state index contributed by atoms with van der Waals surface area (Å²) in [5, 5.41) is 3.42. The fourth-order valence-corrected chi connectivity index (χ4v) is 2.66. The van der Waals surface area contributed by atoms with Crippen LogP contribution in [-0.2, 0) is 6.54 Å². The molecule has 1 fully saturated rings. The van der Waals surface area contributed by atoms with E-state index in [0.29, 0.717) is 17.4 Å². The molecule has 0 spiro atoms. The van der Waals surface area contributed by atoms with Gasteiger partial charge < -0.3 is 10.3 Å². The molecule has 1 aromatic heterocycles. The molecule has 0 amide bonds. The van der Waals surface area contributed by atoms with E-state index in [9.17, 15) is 0 Å². The molecule has 18 heavy (non-hydrogen) atoms. The molecule has 2 N–H and O–H groups in total. The molecule has 0 aromatic carbocycles. The summed E-state index contributed by atoms with van der Waals surface area (Å²) in [5.74, 6) is 1.84. The third-order valence-electron chi connectivity index (χ3n) is 4.07. The lowest BCUT2D eigenvalue weighted by atomic mass is 9.73. The van der Waals surface area contributed by atoms with Crippen molar-refractivity contribution in [3.8, 4) is 0 Å². The van der Waals surface area contributed by atoms with Gasteiger partial charge in [-0.05, 0) is 31.1 Å². The molecule has 102 valence electrons. The first kappa shape index (κ1) is 13.6. The van der Waals surface area contributed by atoms with E-state index in [1.807, 2.05) is 6.20 Å². The fraction of sp³-hybridized carbons (Fsp3) is 0.800. The molecule has 2 rings (SSSR count). The molecule has 0 unspecified atom stereocenters. The Labute approximate surface area is 111 Å². The summed E-state index contributed by atoms with van der Waals surface area (Å²) in [6.45, 7) is 9.98. The molecule has 3 nitrogen and oxygen atoms in total. The molecule has 1 heterocycles. The smallest absolute Gasteiger partial charge is 0.109 e. The number of imidazole rings is 1. The molecular weight excluding hydrogens is 222 g/mol. The van der Waals surface area contributed by atoms with Gasteiger partial charge in [-0.15, -0.1) is 0 Å². The average Bonchev–Trinajstić information content (AvgIpc) is 2.75. The van der Waals surface area contributed by atoms with E-state index in [-0.39, 0.29) is 0 Å². The van der Waals surface area contributed by atoms with Crippen LogP contribution < -0.4 is 5.32 Å². The Kier molecular flexibility index (Phi) is 4.10. The van der Waals surface area contributed by atoms with E-state index in [1.165, 1.54) is 37.2 Å². The van der Waals surface area contributed by atoms with Crippen LogP contribution >= 0.6 is 0 Å². The van der Waals surface area contributed by atoms with Gasteiger partial charge in [-0.1, -0.05) is 27.7 Å². The molecular formula is C15H27N3. The van der Waals surface area contributed by atoms with Crippen molar-refractivity contribution in [1.29, 1.82) is 0 Å². The zero-order chi connectivity index (χ0) is 13.2. The maximum atomic E-state index is 4.57. The second-order valence-corrected chi connectivity index (χ2v) is 6.77. The maximum absolute atomic E-state index is 4.57. The molecule has 0 aliphatic heterocycles. The number of nitrogens with one attached hydrogen (secondary N) is 2. The standard InChI is InChI=1S/C15H27N3/c1-11(2)16-9-13-10-17-14(18-13)12-5-7-15(3,4)8-6-12/h10-12,16H,5-9H2,1-4H3,(H,17,18). The van der Waals surface area contributed by atoms with Gasteiger partial charge in [0.05, 0.1) is 0 Å². The minimum Gasteiger partial charge on any atom is -0.345 e. The van der Waals surface area contributed by atoms with E-state index < -0.39 is 0 Å². The number of nitrogens with zero attached hydrogens (tertiary/aromatic N) is 1. The summed E-state index contributed by atoms with van der Waals surface area (Å²) < 4.78 is 0. The molecule has 1 aromatic rings. The van der Waals surface area contributed by atoms with Crippen molar-refractivity contribution >= 4 is 0 Å². The lowest BCUT2D eigenvalue weighted by Crippen LogP contribution is -2.22. The molecule has 3 heteroatoms. The van der Waals surface area contributed by atoms with Crippen LogP contribution in [0.4, 0.5) is 0 Å². The lowest BCUT2D eigenvalue weighted by Gasteiger charge is -2.33. The molecule has 0 radical (unpaired) electrons. The minimum atomic E-state index is 0.521. The van der Waals surface area contributed by atoms with Crippen LogP contribution in [0.25, 0.3) is 0 Å². The summed E-state index contributed by atoms with van der Waals surface area (Å²) in [4.78, 5) is 8.06. The Bertz CT molecular complexity index is 369. The first-order valence-electron chi connectivity index (χ1n) is 7.23. The summed E-state index contributed by atoms with van der Waals surface area (Å²) in [6, 6.07) is 0.521. The number of H-pyrrole nitrogens is 1. The largest absolute Gasteiger partial charge is 0.345 e. The average molecular weight is 249 g/mol. The third-order valence-corrected chi connectivity index (χ3v) is 4.07. The van der Waals surface area contributed by atoms with E-state index in [0.717, 1.165) is 6.54 Å². The van der Waals surface area contributed by atoms with Crippen molar-refractivity contribution in [3.63, 3.8) is 0 Å². The van der Waals surface area contributed by atoms with Crippen molar-refractivity contribution < 1.29 is 0 Å². The van der Waals surface area contributed by atoms with Crippen LogP contribution in [-0.4, -0.2) is 16.0 Å². The second-order valence-electron chi connectivity index (χ2n) is 6.77. The first-order chi connectivity index (χ1) is 8.46. The highest BCUT2D eigenvalue weighted by Crippen LogP contribution is 2.41. The SMILES string of the molecule is CC(C)NCc1cnc(C2CCC(C)(C)CC2)[nH]1. The fourth-order valence-electron chi connectivity index (χ4n) is 2.66. The highest BCUT2D eigenvalue weighted by molar-refractivity contribution is 5.07. The third kappa shape index (κ3) is 3.58. The van der Waals surface area contributed by atoms with E-state index in [1.54, 1.807) is 0 Å². The van der Waals surface area contributed by atoms with E-state index in [4.69, 9.17) is 0 Å². The van der Waals surface area contributed by atoms with Gasteiger partial charge in [0.1, 0.15) is 5.82 Å². The lowest BCUT2D eigenvalue weighted by molar-refractivity contribution is 0.221. The Balaban J connectivity index is 1.90. The Morgan fingerprint density at radius 3 is 2.67 bits per heavy atom. The van der Waals surface area contributed by atoms with Crippen molar-refractivity contribution in [2.75, 3.05) is 0 Å². The predicted molar refractivity (Wildman–Crippen MR) is 75.6 cm³/mol. The normalized spacial score (nSPS) is 20.5. The monoisotopic (exact) mass is 249 g/mol. The summed E-state index contributed by atoms with van der Waals surface area (Å²) >= 11 is 0. The number of aromatic amines is 1. The summed E-state index contributed by atoms with van der Waals surface area (Å²) in [7, 11) is 0. The number of rotatable bonds is 4. The molecule has 0 saturated heterocycles. The second kappa shape index (κ2) is 5.43. The van der Waals surface area contributed by atoms with Crippen LogP contribution in [0, 0.1) is 5.41 Å². The van der Waals surface area contributed by atoms with Crippen molar-refractivity contribution in [1.82, 2.24) is 15.3 Å². The van der Waals surface area contributed by atoms with Crippen LogP contribution in [0.1, 0.15) is 70.8 Å². The minimum absolute atomic E-state index is 0.521.